The number of hydrogen-bond donors (Lipinski definition) is 1. The molecule has 0 aliphatic rings. The average molecular weight is 466 g/mol. The summed E-state index contributed by atoms with van der Waals surface area (Å²) in [5, 5.41) is 2.46. The molecule has 0 spiro atoms. The van der Waals surface area contributed by atoms with Crippen molar-refractivity contribution >= 4 is 27.5 Å². The second-order valence-electron chi connectivity index (χ2n) is 7.07. The van der Waals surface area contributed by atoms with Crippen LogP contribution in [0.15, 0.2) is 48.5 Å². The maximum atomic E-state index is 14.3. The van der Waals surface area contributed by atoms with Gasteiger partial charge in [-0.3, -0.25) is 13.9 Å². The van der Waals surface area contributed by atoms with Crippen molar-refractivity contribution in [3.05, 3.63) is 59.9 Å². The van der Waals surface area contributed by atoms with Crippen LogP contribution in [0.25, 0.3) is 0 Å². The molecule has 2 aromatic rings. The van der Waals surface area contributed by atoms with Crippen LogP contribution >= 0.6 is 0 Å². The smallest absolute Gasteiger partial charge is 0.244 e. The van der Waals surface area contributed by atoms with E-state index in [9.17, 15) is 22.4 Å². The summed E-state index contributed by atoms with van der Waals surface area (Å²) in [6.07, 6.45) is 0.979. The summed E-state index contributed by atoms with van der Waals surface area (Å²) in [7, 11) is -2.47. The number of halogens is 1. The Morgan fingerprint density at radius 2 is 1.75 bits per heavy atom. The first-order valence-electron chi connectivity index (χ1n) is 10.0. The number of rotatable bonds is 10. The van der Waals surface area contributed by atoms with Crippen molar-refractivity contribution in [3.8, 4) is 5.75 Å². The van der Waals surface area contributed by atoms with E-state index in [1.165, 1.54) is 38.2 Å². The molecule has 0 aromatic heterocycles. The molecule has 0 aliphatic heterocycles. The maximum absolute atomic E-state index is 14.3. The Kier molecular flexibility index (Phi) is 8.59. The number of nitrogens with one attached hydrogen (secondary N) is 1. The Bertz CT molecular complexity index is 1060. The first-order chi connectivity index (χ1) is 15.1. The quantitative estimate of drug-likeness (QED) is 0.580. The van der Waals surface area contributed by atoms with E-state index >= 15 is 0 Å². The van der Waals surface area contributed by atoms with Crippen LogP contribution in [0.2, 0.25) is 0 Å². The second kappa shape index (κ2) is 10.9. The molecule has 0 saturated carbocycles. The fourth-order valence-electron chi connectivity index (χ4n) is 3.14. The molecule has 2 rings (SSSR count). The lowest BCUT2D eigenvalue weighted by Gasteiger charge is -2.31. The maximum Gasteiger partial charge on any atom is 0.244 e. The van der Waals surface area contributed by atoms with E-state index in [4.69, 9.17) is 4.74 Å². The lowest BCUT2D eigenvalue weighted by atomic mass is 10.1. The van der Waals surface area contributed by atoms with Crippen LogP contribution in [0.4, 0.5) is 10.1 Å². The van der Waals surface area contributed by atoms with E-state index in [0.29, 0.717) is 12.4 Å². The summed E-state index contributed by atoms with van der Waals surface area (Å²) in [5.41, 5.74) is 0.404. The highest BCUT2D eigenvalue weighted by Gasteiger charge is 2.31. The van der Waals surface area contributed by atoms with E-state index in [2.05, 4.69) is 5.32 Å². The van der Waals surface area contributed by atoms with Crippen LogP contribution in [0.3, 0.4) is 0 Å². The number of likely N-dealkylation sites (N-methyl/N-ethyl adjacent to an activating group) is 1. The van der Waals surface area contributed by atoms with E-state index in [-0.39, 0.29) is 17.8 Å². The highest BCUT2D eigenvalue weighted by molar-refractivity contribution is 7.92. The Labute approximate surface area is 188 Å². The van der Waals surface area contributed by atoms with Crippen LogP contribution in [0.5, 0.6) is 5.75 Å². The summed E-state index contributed by atoms with van der Waals surface area (Å²) < 4.78 is 45.9. The van der Waals surface area contributed by atoms with Crippen LogP contribution < -0.4 is 14.4 Å². The molecule has 0 bridgehead atoms. The highest BCUT2D eigenvalue weighted by atomic mass is 32.2. The summed E-state index contributed by atoms with van der Waals surface area (Å²) in [5.74, 6) is -1.36. The molecule has 0 radical (unpaired) electrons. The minimum absolute atomic E-state index is 0.198. The van der Waals surface area contributed by atoms with E-state index in [1.807, 2.05) is 0 Å². The van der Waals surface area contributed by atoms with Crippen LogP contribution in [0, 0.1) is 5.82 Å². The van der Waals surface area contributed by atoms with Crippen molar-refractivity contribution in [1.29, 1.82) is 0 Å². The van der Waals surface area contributed by atoms with Gasteiger partial charge in [0.15, 0.2) is 0 Å². The molecule has 0 heterocycles. The number of carbonyl (C=O) groups is 2. The standard InChI is InChI=1S/C22H28FN3O5S/c1-5-31-20-13-9-8-12-19(20)26(32(4,29)30)15-21(27)25(16(2)22(28)24-3)14-17-10-6-7-11-18(17)23/h6-13,16H,5,14-15H2,1-4H3,(H,24,28)/t16-/m0/s1. The molecule has 1 atom stereocenters. The Morgan fingerprint density at radius 3 is 2.34 bits per heavy atom. The summed E-state index contributed by atoms with van der Waals surface area (Å²) in [6, 6.07) is 11.4. The molecule has 2 aromatic carbocycles. The Morgan fingerprint density at radius 1 is 1.12 bits per heavy atom. The van der Waals surface area contributed by atoms with Crippen molar-refractivity contribution in [1.82, 2.24) is 10.2 Å². The molecule has 10 heteroatoms. The summed E-state index contributed by atoms with van der Waals surface area (Å²) in [4.78, 5) is 26.7. The Hall–Kier alpha value is -3.14. The monoisotopic (exact) mass is 465 g/mol. The van der Waals surface area contributed by atoms with Gasteiger partial charge in [0.1, 0.15) is 24.2 Å². The van der Waals surface area contributed by atoms with Crippen molar-refractivity contribution in [2.45, 2.75) is 26.4 Å². The van der Waals surface area contributed by atoms with Crippen LogP contribution in [0.1, 0.15) is 19.4 Å². The molecule has 0 aliphatic carbocycles. The van der Waals surface area contributed by atoms with E-state index in [1.54, 1.807) is 31.2 Å². The third-order valence-corrected chi connectivity index (χ3v) is 5.95. The number of benzene rings is 2. The largest absolute Gasteiger partial charge is 0.492 e. The first-order valence-corrected chi connectivity index (χ1v) is 11.9. The minimum atomic E-state index is -3.89. The Balaban J connectivity index is 2.44. The molecular formula is C22H28FN3O5S. The number of ether oxygens (including phenoxy) is 1. The van der Waals surface area contributed by atoms with Gasteiger partial charge in [-0.15, -0.1) is 0 Å². The molecule has 0 unspecified atom stereocenters. The SMILES string of the molecule is CCOc1ccccc1N(CC(=O)N(Cc1ccccc1F)[C@@H](C)C(=O)NC)S(C)(=O)=O. The predicted octanol–water partition coefficient (Wildman–Crippen LogP) is 2.15. The summed E-state index contributed by atoms with van der Waals surface area (Å²) >= 11 is 0. The lowest BCUT2D eigenvalue weighted by Crippen LogP contribution is -2.50. The van der Waals surface area contributed by atoms with Crippen molar-refractivity contribution in [2.24, 2.45) is 0 Å². The van der Waals surface area contributed by atoms with Crippen molar-refractivity contribution < 1.29 is 27.1 Å². The van der Waals surface area contributed by atoms with Crippen molar-refractivity contribution in [2.75, 3.05) is 30.8 Å². The van der Waals surface area contributed by atoms with Gasteiger partial charge in [-0.25, -0.2) is 12.8 Å². The number of anilines is 1. The van der Waals surface area contributed by atoms with Gasteiger partial charge < -0.3 is 15.0 Å². The number of carbonyl (C=O) groups excluding carboxylic acids is 2. The second-order valence-corrected chi connectivity index (χ2v) is 8.98. The number of para-hydroxylation sites is 2. The molecule has 32 heavy (non-hydrogen) atoms. The molecule has 0 fully saturated rings. The van der Waals surface area contributed by atoms with Gasteiger partial charge in [0, 0.05) is 19.2 Å². The van der Waals surface area contributed by atoms with E-state index in [0.717, 1.165) is 15.5 Å². The van der Waals surface area contributed by atoms with Gasteiger partial charge >= 0.3 is 0 Å². The zero-order chi connectivity index (χ0) is 23.9. The van der Waals surface area contributed by atoms with E-state index < -0.39 is 40.2 Å². The highest BCUT2D eigenvalue weighted by Crippen LogP contribution is 2.30. The third kappa shape index (κ3) is 6.19. The third-order valence-electron chi connectivity index (χ3n) is 4.83. The lowest BCUT2D eigenvalue weighted by molar-refractivity contribution is -0.139. The van der Waals surface area contributed by atoms with Gasteiger partial charge in [-0.1, -0.05) is 30.3 Å². The van der Waals surface area contributed by atoms with Gasteiger partial charge in [-0.2, -0.15) is 0 Å². The topological polar surface area (TPSA) is 96.0 Å². The molecular weight excluding hydrogens is 437 g/mol. The molecule has 0 saturated heterocycles. The van der Waals surface area contributed by atoms with Gasteiger partial charge in [0.2, 0.25) is 21.8 Å². The number of nitrogens with zero attached hydrogens (tertiary/aromatic N) is 2. The average Bonchev–Trinajstić information content (AvgIpc) is 2.75. The van der Waals surface area contributed by atoms with Crippen LogP contribution in [-0.2, 0) is 26.2 Å². The predicted molar refractivity (Wildman–Crippen MR) is 120 cm³/mol. The van der Waals surface area contributed by atoms with Gasteiger partial charge in [-0.05, 0) is 32.0 Å². The first kappa shape index (κ1) is 25.1. The summed E-state index contributed by atoms with van der Waals surface area (Å²) in [6.45, 7) is 2.77. The fraction of sp³-hybridized carbons (Fsp3) is 0.364. The van der Waals surface area contributed by atoms with Gasteiger partial charge in [0.25, 0.3) is 0 Å². The zero-order valence-electron chi connectivity index (χ0n) is 18.5. The molecule has 2 amide bonds. The van der Waals surface area contributed by atoms with Crippen LogP contribution in [-0.4, -0.2) is 57.6 Å². The fourth-order valence-corrected chi connectivity index (χ4v) is 3.99. The molecule has 1 N–H and O–H groups in total. The number of amides is 2. The normalized spacial score (nSPS) is 12.0. The molecule has 8 nitrogen and oxygen atoms in total. The minimum Gasteiger partial charge on any atom is -0.492 e. The number of sulfonamides is 1. The van der Waals surface area contributed by atoms with Gasteiger partial charge in [0.05, 0.1) is 18.6 Å². The van der Waals surface area contributed by atoms with Crippen molar-refractivity contribution in [3.63, 3.8) is 0 Å². The number of hydrogen-bond acceptors (Lipinski definition) is 5. The zero-order valence-corrected chi connectivity index (χ0v) is 19.4. The molecule has 174 valence electrons.